The number of morpholine rings is 1. The van der Waals surface area contributed by atoms with Crippen molar-refractivity contribution >= 4 is 5.96 Å². The van der Waals surface area contributed by atoms with Gasteiger partial charge in [-0.2, -0.15) is 0 Å². The molecule has 2 heterocycles. The maximum Gasteiger partial charge on any atom is 0.191 e. The van der Waals surface area contributed by atoms with Gasteiger partial charge in [0, 0.05) is 19.1 Å². The third-order valence-electron chi connectivity index (χ3n) is 4.65. The first-order chi connectivity index (χ1) is 10.2. The van der Waals surface area contributed by atoms with Crippen molar-refractivity contribution in [1.82, 2.24) is 9.80 Å². The monoisotopic (exact) mass is 296 g/mol. The van der Waals surface area contributed by atoms with E-state index in [0.29, 0.717) is 17.9 Å². The molecule has 0 bridgehead atoms. The van der Waals surface area contributed by atoms with Crippen molar-refractivity contribution in [2.45, 2.75) is 45.6 Å². The fourth-order valence-corrected chi connectivity index (χ4v) is 3.25. The molecule has 1 unspecified atom stereocenters. The average Bonchev–Trinajstić information content (AvgIpc) is 2.77. The first kappa shape index (κ1) is 16.6. The molecule has 0 saturated carbocycles. The third kappa shape index (κ3) is 5.15. The van der Waals surface area contributed by atoms with Gasteiger partial charge in [0.15, 0.2) is 5.96 Å². The predicted octanol–water partition coefficient (Wildman–Crippen LogP) is 1.53. The maximum absolute atomic E-state index is 6.16. The molecular weight excluding hydrogens is 264 g/mol. The maximum atomic E-state index is 6.16. The molecule has 0 aromatic rings. The Hall–Kier alpha value is -0.810. The highest BCUT2D eigenvalue weighted by Gasteiger charge is 2.23. The van der Waals surface area contributed by atoms with E-state index in [1.165, 1.54) is 38.8 Å². The molecule has 5 heteroatoms. The Morgan fingerprint density at radius 1 is 1.05 bits per heavy atom. The largest absolute Gasteiger partial charge is 0.378 e. The summed E-state index contributed by atoms with van der Waals surface area (Å²) in [6, 6.07) is 0.516. The average molecular weight is 296 g/mol. The van der Waals surface area contributed by atoms with Crippen LogP contribution in [0, 0.1) is 5.92 Å². The zero-order chi connectivity index (χ0) is 15.1. The molecular formula is C16H32N4O. The molecule has 0 aromatic carbocycles. The van der Waals surface area contributed by atoms with E-state index in [-0.39, 0.29) is 0 Å². The second-order valence-corrected chi connectivity index (χ2v) is 6.56. The lowest BCUT2D eigenvalue weighted by Crippen LogP contribution is -2.46. The Bertz CT molecular complexity index is 318. The molecule has 2 fully saturated rings. The minimum atomic E-state index is 0.516. The fraction of sp³-hybridized carbons (Fsp3) is 0.938. The lowest BCUT2D eigenvalue weighted by atomic mass is 10.0. The van der Waals surface area contributed by atoms with E-state index in [0.717, 1.165) is 32.8 Å². The van der Waals surface area contributed by atoms with Gasteiger partial charge in [-0.1, -0.05) is 26.7 Å². The van der Waals surface area contributed by atoms with Crippen LogP contribution < -0.4 is 5.73 Å². The van der Waals surface area contributed by atoms with Crippen LogP contribution in [0.2, 0.25) is 0 Å². The number of guanidine groups is 1. The van der Waals surface area contributed by atoms with E-state index in [2.05, 4.69) is 23.6 Å². The van der Waals surface area contributed by atoms with Gasteiger partial charge >= 0.3 is 0 Å². The Labute approximate surface area is 129 Å². The van der Waals surface area contributed by atoms with Crippen molar-refractivity contribution in [3.8, 4) is 0 Å². The van der Waals surface area contributed by atoms with Crippen molar-refractivity contribution < 1.29 is 4.74 Å². The highest BCUT2D eigenvalue weighted by atomic mass is 16.5. The lowest BCUT2D eigenvalue weighted by Gasteiger charge is -2.33. The number of likely N-dealkylation sites (tertiary alicyclic amines) is 1. The summed E-state index contributed by atoms with van der Waals surface area (Å²) in [5.41, 5.74) is 6.16. The summed E-state index contributed by atoms with van der Waals surface area (Å²) in [5, 5.41) is 0. The van der Waals surface area contributed by atoms with Gasteiger partial charge < -0.3 is 15.4 Å². The number of hydrogen-bond donors (Lipinski definition) is 1. The molecule has 122 valence electrons. The summed E-state index contributed by atoms with van der Waals surface area (Å²) < 4.78 is 5.36. The standard InChI is InChI=1S/C16H32N4O/c1-14(2)15(19-7-5-3-4-6-8-19)13-18-16(17)20-9-11-21-12-10-20/h14-15H,3-13H2,1-2H3,(H2,17,18). The first-order valence-corrected chi connectivity index (χ1v) is 8.55. The van der Waals surface area contributed by atoms with Gasteiger partial charge in [0.1, 0.15) is 0 Å². The molecule has 2 rings (SSSR count). The van der Waals surface area contributed by atoms with Crippen LogP contribution in [0.25, 0.3) is 0 Å². The van der Waals surface area contributed by atoms with Crippen molar-refractivity contribution in [1.29, 1.82) is 0 Å². The molecule has 1 atom stereocenters. The SMILES string of the molecule is CC(C)C(CN=C(N)N1CCOCC1)N1CCCCCC1. The highest BCUT2D eigenvalue weighted by Crippen LogP contribution is 2.17. The van der Waals surface area contributed by atoms with Crippen LogP contribution >= 0.6 is 0 Å². The van der Waals surface area contributed by atoms with Crippen molar-refractivity contribution in [3.05, 3.63) is 0 Å². The molecule has 2 aliphatic heterocycles. The minimum Gasteiger partial charge on any atom is -0.378 e. The Balaban J connectivity index is 1.91. The van der Waals surface area contributed by atoms with Gasteiger partial charge in [-0.05, 0) is 31.8 Å². The number of ether oxygens (including phenoxy) is 1. The van der Waals surface area contributed by atoms with E-state index in [9.17, 15) is 0 Å². The zero-order valence-corrected chi connectivity index (χ0v) is 13.8. The summed E-state index contributed by atoms with van der Waals surface area (Å²) in [6.07, 6.45) is 5.40. The molecule has 2 aliphatic rings. The Morgan fingerprint density at radius 2 is 1.67 bits per heavy atom. The van der Waals surface area contributed by atoms with E-state index in [1.807, 2.05) is 0 Å². The topological polar surface area (TPSA) is 54.1 Å². The minimum absolute atomic E-state index is 0.516. The van der Waals surface area contributed by atoms with Crippen LogP contribution in [0.1, 0.15) is 39.5 Å². The Morgan fingerprint density at radius 3 is 2.24 bits per heavy atom. The van der Waals surface area contributed by atoms with E-state index >= 15 is 0 Å². The molecule has 21 heavy (non-hydrogen) atoms. The van der Waals surface area contributed by atoms with Gasteiger partial charge in [-0.15, -0.1) is 0 Å². The molecule has 0 radical (unpaired) electrons. The van der Waals surface area contributed by atoms with Gasteiger partial charge in [-0.25, -0.2) is 0 Å². The molecule has 0 aliphatic carbocycles. The van der Waals surface area contributed by atoms with Crippen LogP contribution in [0.4, 0.5) is 0 Å². The van der Waals surface area contributed by atoms with Crippen molar-refractivity contribution in [2.75, 3.05) is 45.9 Å². The summed E-state index contributed by atoms with van der Waals surface area (Å²) in [4.78, 5) is 9.47. The van der Waals surface area contributed by atoms with Crippen LogP contribution in [-0.2, 0) is 4.74 Å². The number of hydrogen-bond acceptors (Lipinski definition) is 3. The third-order valence-corrected chi connectivity index (χ3v) is 4.65. The second kappa shape index (κ2) is 8.59. The second-order valence-electron chi connectivity index (χ2n) is 6.56. The number of nitrogens with two attached hydrogens (primary N) is 1. The predicted molar refractivity (Wildman–Crippen MR) is 87.5 cm³/mol. The zero-order valence-electron chi connectivity index (χ0n) is 13.8. The van der Waals surface area contributed by atoms with Crippen LogP contribution in [0.15, 0.2) is 4.99 Å². The number of rotatable bonds is 4. The van der Waals surface area contributed by atoms with Gasteiger partial charge in [0.2, 0.25) is 0 Å². The van der Waals surface area contributed by atoms with E-state index < -0.39 is 0 Å². The Kier molecular flexibility index (Phi) is 6.77. The highest BCUT2D eigenvalue weighted by molar-refractivity contribution is 5.78. The molecule has 2 saturated heterocycles. The van der Waals surface area contributed by atoms with Gasteiger partial charge in [-0.3, -0.25) is 9.89 Å². The lowest BCUT2D eigenvalue weighted by molar-refractivity contribution is 0.0672. The van der Waals surface area contributed by atoms with Crippen LogP contribution in [-0.4, -0.2) is 67.7 Å². The molecule has 2 N–H and O–H groups in total. The summed E-state index contributed by atoms with van der Waals surface area (Å²) in [7, 11) is 0. The van der Waals surface area contributed by atoms with Crippen LogP contribution in [0.5, 0.6) is 0 Å². The van der Waals surface area contributed by atoms with Crippen LogP contribution in [0.3, 0.4) is 0 Å². The molecule has 0 aromatic heterocycles. The quantitative estimate of drug-likeness (QED) is 0.631. The molecule has 0 amide bonds. The summed E-state index contributed by atoms with van der Waals surface area (Å²) in [6.45, 7) is 11.1. The molecule has 5 nitrogen and oxygen atoms in total. The van der Waals surface area contributed by atoms with Gasteiger partial charge in [0.25, 0.3) is 0 Å². The number of aliphatic imine (C=N–C) groups is 1. The normalized spacial score (nSPS) is 24.1. The van der Waals surface area contributed by atoms with Crippen molar-refractivity contribution in [3.63, 3.8) is 0 Å². The molecule has 0 spiro atoms. The smallest absolute Gasteiger partial charge is 0.191 e. The number of nitrogens with zero attached hydrogens (tertiary/aromatic N) is 3. The van der Waals surface area contributed by atoms with E-state index in [1.54, 1.807) is 0 Å². The summed E-state index contributed by atoms with van der Waals surface area (Å²) >= 11 is 0. The van der Waals surface area contributed by atoms with Gasteiger partial charge in [0.05, 0.1) is 19.8 Å². The van der Waals surface area contributed by atoms with Crippen molar-refractivity contribution in [2.24, 2.45) is 16.6 Å². The van der Waals surface area contributed by atoms with E-state index in [4.69, 9.17) is 15.5 Å². The first-order valence-electron chi connectivity index (χ1n) is 8.55. The summed E-state index contributed by atoms with van der Waals surface area (Å²) in [5.74, 6) is 1.31. The fourth-order valence-electron chi connectivity index (χ4n) is 3.25.